The Kier molecular flexibility index (Phi) is 6.06. The highest BCUT2D eigenvalue weighted by atomic mass is 35.5. The first-order valence-electron chi connectivity index (χ1n) is 4.96. The molecule has 1 nitrogen and oxygen atoms in total. The Balaban J connectivity index is 2.28. The van der Waals surface area contributed by atoms with Crippen molar-refractivity contribution in [1.82, 2.24) is 5.32 Å². The van der Waals surface area contributed by atoms with Gasteiger partial charge in [0.1, 0.15) is 5.82 Å². The number of nitrogens with one attached hydrogen (secondary N) is 1. The van der Waals surface area contributed by atoms with Crippen LogP contribution < -0.4 is 5.32 Å². The van der Waals surface area contributed by atoms with Gasteiger partial charge in [-0.05, 0) is 23.4 Å². The van der Waals surface area contributed by atoms with Crippen LogP contribution >= 0.6 is 23.4 Å². The Bertz CT molecular complexity index is 307. The summed E-state index contributed by atoms with van der Waals surface area (Å²) in [5.41, 5.74) is 1.02. The van der Waals surface area contributed by atoms with Gasteiger partial charge in [-0.25, -0.2) is 4.39 Å². The Morgan fingerprint density at radius 1 is 1.47 bits per heavy atom. The lowest BCUT2D eigenvalue weighted by atomic mass is 10.2. The SMILES string of the molecule is CCSCCNCc1ccc(F)c(Cl)c1. The Hall–Kier alpha value is -0.250. The van der Waals surface area contributed by atoms with Gasteiger partial charge in [-0.2, -0.15) is 11.8 Å². The molecule has 0 bridgehead atoms. The van der Waals surface area contributed by atoms with E-state index < -0.39 is 0 Å². The zero-order valence-corrected chi connectivity index (χ0v) is 10.3. The number of halogens is 2. The molecule has 0 heterocycles. The summed E-state index contributed by atoms with van der Waals surface area (Å²) in [6.07, 6.45) is 0. The largest absolute Gasteiger partial charge is 0.312 e. The molecule has 0 saturated carbocycles. The molecule has 0 radical (unpaired) electrons. The first-order valence-corrected chi connectivity index (χ1v) is 6.49. The molecule has 0 saturated heterocycles. The number of benzene rings is 1. The normalized spacial score (nSPS) is 10.6. The zero-order valence-electron chi connectivity index (χ0n) is 8.72. The van der Waals surface area contributed by atoms with E-state index in [1.54, 1.807) is 12.1 Å². The van der Waals surface area contributed by atoms with Crippen molar-refractivity contribution in [3.63, 3.8) is 0 Å². The van der Waals surface area contributed by atoms with Gasteiger partial charge in [-0.15, -0.1) is 0 Å². The highest BCUT2D eigenvalue weighted by molar-refractivity contribution is 7.99. The predicted molar refractivity (Wildman–Crippen MR) is 66.1 cm³/mol. The Morgan fingerprint density at radius 2 is 2.27 bits per heavy atom. The third-order valence-corrected chi connectivity index (χ3v) is 3.13. The van der Waals surface area contributed by atoms with E-state index in [1.807, 2.05) is 11.8 Å². The van der Waals surface area contributed by atoms with Gasteiger partial charge in [0.25, 0.3) is 0 Å². The average molecular weight is 248 g/mol. The molecule has 0 unspecified atom stereocenters. The quantitative estimate of drug-likeness (QED) is 0.774. The van der Waals surface area contributed by atoms with Crippen molar-refractivity contribution in [2.75, 3.05) is 18.1 Å². The monoisotopic (exact) mass is 247 g/mol. The van der Waals surface area contributed by atoms with Crippen LogP contribution in [0.15, 0.2) is 18.2 Å². The minimum atomic E-state index is -0.359. The molecule has 0 aliphatic rings. The van der Waals surface area contributed by atoms with Crippen LogP contribution in [0.4, 0.5) is 4.39 Å². The van der Waals surface area contributed by atoms with Gasteiger partial charge in [-0.1, -0.05) is 24.6 Å². The van der Waals surface area contributed by atoms with Gasteiger partial charge in [0, 0.05) is 18.8 Å². The molecule has 84 valence electrons. The third-order valence-electron chi connectivity index (χ3n) is 1.94. The summed E-state index contributed by atoms with van der Waals surface area (Å²) >= 11 is 7.57. The summed E-state index contributed by atoms with van der Waals surface area (Å²) in [4.78, 5) is 0. The zero-order chi connectivity index (χ0) is 11.1. The van der Waals surface area contributed by atoms with E-state index in [4.69, 9.17) is 11.6 Å². The van der Waals surface area contributed by atoms with Crippen molar-refractivity contribution >= 4 is 23.4 Å². The lowest BCUT2D eigenvalue weighted by Gasteiger charge is -2.05. The van der Waals surface area contributed by atoms with E-state index >= 15 is 0 Å². The maximum atomic E-state index is 12.8. The second-order valence-electron chi connectivity index (χ2n) is 3.12. The van der Waals surface area contributed by atoms with Crippen molar-refractivity contribution in [2.24, 2.45) is 0 Å². The van der Waals surface area contributed by atoms with Crippen molar-refractivity contribution in [1.29, 1.82) is 0 Å². The van der Waals surface area contributed by atoms with E-state index in [2.05, 4.69) is 12.2 Å². The van der Waals surface area contributed by atoms with Gasteiger partial charge in [0.15, 0.2) is 0 Å². The molecule has 1 aromatic rings. The van der Waals surface area contributed by atoms with Crippen molar-refractivity contribution < 1.29 is 4.39 Å². The van der Waals surface area contributed by atoms with Crippen LogP contribution in [0.1, 0.15) is 12.5 Å². The van der Waals surface area contributed by atoms with Gasteiger partial charge in [-0.3, -0.25) is 0 Å². The Labute approximate surface area is 99.4 Å². The molecule has 4 heteroatoms. The first kappa shape index (κ1) is 12.8. The maximum Gasteiger partial charge on any atom is 0.141 e. The van der Waals surface area contributed by atoms with E-state index in [0.29, 0.717) is 0 Å². The van der Waals surface area contributed by atoms with E-state index in [1.165, 1.54) is 6.07 Å². The molecular weight excluding hydrogens is 233 g/mol. The fourth-order valence-corrected chi connectivity index (χ4v) is 1.95. The van der Waals surface area contributed by atoms with Crippen LogP contribution in [-0.2, 0) is 6.54 Å². The third kappa shape index (κ3) is 4.87. The van der Waals surface area contributed by atoms with Crippen LogP contribution in [0.3, 0.4) is 0 Å². The number of rotatable bonds is 6. The summed E-state index contributed by atoms with van der Waals surface area (Å²) in [6.45, 7) is 3.85. The predicted octanol–water partition coefficient (Wildman–Crippen LogP) is 3.32. The minimum Gasteiger partial charge on any atom is -0.312 e. The van der Waals surface area contributed by atoms with Crippen LogP contribution in [0, 0.1) is 5.82 Å². The van der Waals surface area contributed by atoms with E-state index in [0.717, 1.165) is 30.2 Å². The summed E-state index contributed by atoms with van der Waals surface area (Å²) in [5, 5.41) is 3.47. The van der Waals surface area contributed by atoms with Crippen LogP contribution in [0.2, 0.25) is 5.02 Å². The molecular formula is C11H15ClFNS. The lowest BCUT2D eigenvalue weighted by molar-refractivity contribution is 0.626. The maximum absolute atomic E-state index is 12.8. The summed E-state index contributed by atoms with van der Waals surface area (Å²) in [6, 6.07) is 4.82. The van der Waals surface area contributed by atoms with Crippen LogP contribution in [0.5, 0.6) is 0 Å². The molecule has 1 rings (SSSR count). The van der Waals surface area contributed by atoms with Crippen LogP contribution in [-0.4, -0.2) is 18.1 Å². The molecule has 1 N–H and O–H groups in total. The molecule has 15 heavy (non-hydrogen) atoms. The summed E-state index contributed by atoms with van der Waals surface area (Å²) < 4.78 is 12.8. The Morgan fingerprint density at radius 3 is 2.93 bits per heavy atom. The molecule has 0 aliphatic heterocycles. The fourth-order valence-electron chi connectivity index (χ4n) is 1.17. The van der Waals surface area contributed by atoms with Crippen molar-refractivity contribution in [3.8, 4) is 0 Å². The second-order valence-corrected chi connectivity index (χ2v) is 4.92. The van der Waals surface area contributed by atoms with Gasteiger partial charge < -0.3 is 5.32 Å². The van der Waals surface area contributed by atoms with Crippen molar-refractivity contribution in [3.05, 3.63) is 34.6 Å². The standard InChI is InChI=1S/C11H15ClFNS/c1-2-15-6-5-14-8-9-3-4-11(13)10(12)7-9/h3-4,7,14H,2,5-6,8H2,1H3. The molecule has 0 amide bonds. The number of thioether (sulfide) groups is 1. The molecule has 1 aromatic carbocycles. The van der Waals surface area contributed by atoms with Gasteiger partial charge >= 0.3 is 0 Å². The molecule has 0 aliphatic carbocycles. The lowest BCUT2D eigenvalue weighted by Crippen LogP contribution is -2.16. The highest BCUT2D eigenvalue weighted by Crippen LogP contribution is 2.15. The van der Waals surface area contributed by atoms with Gasteiger partial charge in [0.2, 0.25) is 0 Å². The van der Waals surface area contributed by atoms with Gasteiger partial charge in [0.05, 0.1) is 5.02 Å². The van der Waals surface area contributed by atoms with Crippen molar-refractivity contribution in [2.45, 2.75) is 13.5 Å². The molecule has 0 aromatic heterocycles. The first-order chi connectivity index (χ1) is 7.24. The summed E-state index contributed by atoms with van der Waals surface area (Å²) in [7, 11) is 0. The van der Waals surface area contributed by atoms with Crippen LogP contribution in [0.25, 0.3) is 0 Å². The highest BCUT2D eigenvalue weighted by Gasteiger charge is 1.99. The molecule has 0 fully saturated rings. The smallest absolute Gasteiger partial charge is 0.141 e. The van der Waals surface area contributed by atoms with E-state index in [-0.39, 0.29) is 10.8 Å². The van der Waals surface area contributed by atoms with E-state index in [9.17, 15) is 4.39 Å². The molecule has 0 atom stereocenters. The molecule has 0 spiro atoms. The fraction of sp³-hybridized carbons (Fsp3) is 0.455. The topological polar surface area (TPSA) is 12.0 Å². The second kappa shape index (κ2) is 7.09. The minimum absolute atomic E-state index is 0.192. The summed E-state index contributed by atoms with van der Waals surface area (Å²) in [5.74, 6) is 1.89. The number of hydrogen-bond acceptors (Lipinski definition) is 2. The number of hydrogen-bond donors (Lipinski definition) is 1. The average Bonchev–Trinajstić information content (AvgIpc) is 2.23.